The number of piperidine rings is 1. The molecule has 1 aromatic heterocycles. The fourth-order valence-corrected chi connectivity index (χ4v) is 4.20. The summed E-state index contributed by atoms with van der Waals surface area (Å²) in [6, 6.07) is 0. The zero-order valence-corrected chi connectivity index (χ0v) is 16.1. The molecule has 1 saturated heterocycles. The molecule has 0 unspecified atom stereocenters. The second-order valence-corrected chi connectivity index (χ2v) is 8.26. The minimum atomic E-state index is -0.0252. The Labute approximate surface area is 159 Å². The average Bonchev–Trinajstić information content (AvgIpc) is 3.44. The minimum absolute atomic E-state index is 0.0252. The highest BCUT2D eigenvalue weighted by atomic mass is 16.2. The first kappa shape index (κ1) is 18.3. The molecule has 0 bridgehead atoms. The predicted molar refractivity (Wildman–Crippen MR) is 99.1 cm³/mol. The van der Waals surface area contributed by atoms with E-state index in [4.69, 9.17) is 0 Å². The van der Waals surface area contributed by atoms with Crippen LogP contribution in [0.1, 0.15) is 44.9 Å². The van der Waals surface area contributed by atoms with Crippen LogP contribution in [0.25, 0.3) is 0 Å². The van der Waals surface area contributed by atoms with Crippen LogP contribution in [0.2, 0.25) is 0 Å². The van der Waals surface area contributed by atoms with Gasteiger partial charge in [-0.1, -0.05) is 0 Å². The van der Waals surface area contributed by atoms with E-state index >= 15 is 0 Å². The second-order valence-electron chi connectivity index (χ2n) is 8.26. The molecular formula is C19H29N5O3. The molecule has 2 amide bonds. The first-order chi connectivity index (χ1) is 13.0. The van der Waals surface area contributed by atoms with E-state index in [2.05, 4.69) is 5.10 Å². The van der Waals surface area contributed by atoms with Gasteiger partial charge in [0.2, 0.25) is 11.8 Å². The Morgan fingerprint density at radius 3 is 2.37 bits per heavy atom. The van der Waals surface area contributed by atoms with Crippen LogP contribution in [-0.4, -0.2) is 62.1 Å². The summed E-state index contributed by atoms with van der Waals surface area (Å²) in [4.78, 5) is 40.5. The normalized spacial score (nSPS) is 21.1. The lowest BCUT2D eigenvalue weighted by molar-refractivity contribution is -0.133. The Bertz CT molecular complexity index is 771. The van der Waals surface area contributed by atoms with Crippen molar-refractivity contribution in [2.75, 3.05) is 26.2 Å². The van der Waals surface area contributed by atoms with E-state index in [-0.39, 0.29) is 17.5 Å². The third-order valence-electron chi connectivity index (χ3n) is 6.20. The SMILES string of the molecule is CC(=O)N1CCC(CC(=O)N2CCc3nn(CC4CC4)c(=O)n3CC2)CC1. The zero-order valence-electron chi connectivity index (χ0n) is 16.1. The number of amides is 2. The van der Waals surface area contributed by atoms with Crippen LogP contribution in [0.5, 0.6) is 0 Å². The number of fused-ring (bicyclic) bond motifs is 1. The van der Waals surface area contributed by atoms with Crippen LogP contribution in [0, 0.1) is 11.8 Å². The highest BCUT2D eigenvalue weighted by Crippen LogP contribution is 2.30. The second kappa shape index (κ2) is 7.48. The van der Waals surface area contributed by atoms with Crippen molar-refractivity contribution in [3.63, 3.8) is 0 Å². The van der Waals surface area contributed by atoms with Crippen LogP contribution >= 0.6 is 0 Å². The predicted octanol–water partition coefficient (Wildman–Crippen LogP) is 0.488. The molecule has 4 rings (SSSR count). The van der Waals surface area contributed by atoms with Crippen molar-refractivity contribution in [3.05, 3.63) is 16.3 Å². The van der Waals surface area contributed by atoms with E-state index in [1.54, 1.807) is 16.2 Å². The number of hydrogen-bond donors (Lipinski definition) is 0. The van der Waals surface area contributed by atoms with Gasteiger partial charge >= 0.3 is 5.69 Å². The van der Waals surface area contributed by atoms with Gasteiger partial charge in [0.05, 0.1) is 0 Å². The molecule has 8 heteroatoms. The van der Waals surface area contributed by atoms with Crippen molar-refractivity contribution in [1.82, 2.24) is 24.1 Å². The maximum atomic E-state index is 12.7. The minimum Gasteiger partial charge on any atom is -0.343 e. The number of hydrogen-bond acceptors (Lipinski definition) is 4. The van der Waals surface area contributed by atoms with Gasteiger partial charge in [-0.3, -0.25) is 14.2 Å². The molecule has 0 N–H and O–H groups in total. The number of carbonyl (C=O) groups excluding carboxylic acids is 2. The van der Waals surface area contributed by atoms with Crippen molar-refractivity contribution < 1.29 is 9.59 Å². The van der Waals surface area contributed by atoms with E-state index in [0.717, 1.165) is 38.3 Å². The monoisotopic (exact) mass is 375 g/mol. The molecule has 8 nitrogen and oxygen atoms in total. The summed E-state index contributed by atoms with van der Waals surface area (Å²) < 4.78 is 3.37. The summed E-state index contributed by atoms with van der Waals surface area (Å²) in [5, 5.41) is 4.52. The molecular weight excluding hydrogens is 346 g/mol. The third-order valence-corrected chi connectivity index (χ3v) is 6.20. The van der Waals surface area contributed by atoms with Gasteiger partial charge < -0.3 is 9.80 Å². The van der Waals surface area contributed by atoms with E-state index in [9.17, 15) is 14.4 Å². The summed E-state index contributed by atoms with van der Waals surface area (Å²) in [7, 11) is 0. The summed E-state index contributed by atoms with van der Waals surface area (Å²) in [6.07, 6.45) is 5.37. The molecule has 2 fully saturated rings. The topological polar surface area (TPSA) is 80.4 Å². The highest BCUT2D eigenvalue weighted by Gasteiger charge is 2.28. The number of likely N-dealkylation sites (tertiary alicyclic amines) is 1. The lowest BCUT2D eigenvalue weighted by Gasteiger charge is -2.32. The van der Waals surface area contributed by atoms with Crippen molar-refractivity contribution in [3.8, 4) is 0 Å². The van der Waals surface area contributed by atoms with Crippen LogP contribution in [0.15, 0.2) is 4.79 Å². The lowest BCUT2D eigenvalue weighted by Crippen LogP contribution is -2.40. The van der Waals surface area contributed by atoms with Crippen molar-refractivity contribution in [2.45, 2.75) is 58.5 Å². The first-order valence-electron chi connectivity index (χ1n) is 10.2. The van der Waals surface area contributed by atoms with E-state index < -0.39 is 0 Å². The van der Waals surface area contributed by atoms with Gasteiger partial charge in [-0.15, -0.1) is 0 Å². The van der Waals surface area contributed by atoms with Gasteiger partial charge in [0.15, 0.2) is 0 Å². The molecule has 27 heavy (non-hydrogen) atoms. The van der Waals surface area contributed by atoms with Crippen LogP contribution in [0.3, 0.4) is 0 Å². The van der Waals surface area contributed by atoms with E-state index in [1.807, 2.05) is 9.80 Å². The molecule has 0 atom stereocenters. The van der Waals surface area contributed by atoms with Crippen LogP contribution in [0.4, 0.5) is 0 Å². The van der Waals surface area contributed by atoms with Crippen LogP contribution in [-0.2, 0) is 29.1 Å². The van der Waals surface area contributed by atoms with Gasteiger partial charge in [-0.25, -0.2) is 9.48 Å². The maximum Gasteiger partial charge on any atom is 0.345 e. The lowest BCUT2D eigenvalue weighted by atomic mass is 9.93. The summed E-state index contributed by atoms with van der Waals surface area (Å²) in [6.45, 7) is 5.59. The number of nitrogens with zero attached hydrogens (tertiary/aromatic N) is 5. The molecule has 0 spiro atoms. The fraction of sp³-hybridized carbons (Fsp3) is 0.789. The standard InChI is InChI=1S/C19H29N5O3/c1-14(25)21-7-4-15(5-8-21)12-18(26)22-9-6-17-20-24(13-16-2-3-16)19(27)23(17)11-10-22/h15-16H,2-13H2,1H3. The molecule has 1 aromatic rings. The third kappa shape index (κ3) is 4.09. The first-order valence-corrected chi connectivity index (χ1v) is 10.2. The van der Waals surface area contributed by atoms with Crippen molar-refractivity contribution in [2.24, 2.45) is 11.8 Å². The van der Waals surface area contributed by atoms with Crippen molar-refractivity contribution >= 4 is 11.8 Å². The average molecular weight is 375 g/mol. The van der Waals surface area contributed by atoms with Gasteiger partial charge in [0.25, 0.3) is 0 Å². The van der Waals surface area contributed by atoms with Gasteiger partial charge in [0.1, 0.15) is 5.82 Å². The Morgan fingerprint density at radius 1 is 0.963 bits per heavy atom. The highest BCUT2D eigenvalue weighted by molar-refractivity contribution is 5.76. The smallest absolute Gasteiger partial charge is 0.343 e. The Kier molecular flexibility index (Phi) is 5.06. The van der Waals surface area contributed by atoms with E-state index in [0.29, 0.717) is 44.3 Å². The summed E-state index contributed by atoms with van der Waals surface area (Å²) in [5.74, 6) is 2.07. The van der Waals surface area contributed by atoms with Gasteiger partial charge in [0, 0.05) is 59.0 Å². The Hall–Kier alpha value is -2.12. The largest absolute Gasteiger partial charge is 0.345 e. The van der Waals surface area contributed by atoms with Gasteiger partial charge in [-0.05, 0) is 37.5 Å². The Morgan fingerprint density at radius 2 is 1.70 bits per heavy atom. The molecule has 0 aromatic carbocycles. The number of rotatable bonds is 4. The molecule has 3 heterocycles. The molecule has 1 aliphatic carbocycles. The molecule has 1 saturated carbocycles. The summed E-state index contributed by atoms with van der Waals surface area (Å²) >= 11 is 0. The van der Waals surface area contributed by atoms with Gasteiger partial charge in [-0.2, -0.15) is 5.10 Å². The van der Waals surface area contributed by atoms with Crippen LogP contribution < -0.4 is 5.69 Å². The quantitative estimate of drug-likeness (QED) is 0.767. The molecule has 148 valence electrons. The number of aromatic nitrogens is 3. The molecule has 0 radical (unpaired) electrons. The molecule has 2 aliphatic heterocycles. The Balaban J connectivity index is 1.31. The number of carbonyl (C=O) groups is 2. The molecule has 3 aliphatic rings. The fourth-order valence-electron chi connectivity index (χ4n) is 4.20. The summed E-state index contributed by atoms with van der Waals surface area (Å²) in [5.41, 5.74) is -0.0252. The van der Waals surface area contributed by atoms with Crippen molar-refractivity contribution in [1.29, 1.82) is 0 Å². The zero-order chi connectivity index (χ0) is 19.0. The van der Waals surface area contributed by atoms with E-state index in [1.165, 1.54) is 12.8 Å². The maximum absolute atomic E-state index is 12.7.